The standard InChI is InChI=1S/C24H23N3O3/c1-3-30-23(29)24(27-16-21(25-26-27)19-12-8-5-9-13-19)20(14-17(2)15-22(24)28)18-10-6-4-7-11-18/h4-16,22,28H,3H2,1-2H3. The molecule has 0 bridgehead atoms. The van der Waals surface area contributed by atoms with Gasteiger partial charge in [-0.2, -0.15) is 0 Å². The van der Waals surface area contributed by atoms with Crippen LogP contribution in [0.15, 0.2) is 84.6 Å². The Labute approximate surface area is 175 Å². The van der Waals surface area contributed by atoms with E-state index in [1.807, 2.05) is 73.7 Å². The number of rotatable bonds is 5. The molecule has 0 radical (unpaired) electrons. The molecule has 0 aliphatic heterocycles. The predicted octanol–water partition coefficient (Wildman–Crippen LogP) is 3.61. The van der Waals surface area contributed by atoms with Crippen molar-refractivity contribution in [3.05, 3.63) is 90.1 Å². The highest BCUT2D eigenvalue weighted by atomic mass is 16.5. The molecule has 1 heterocycles. The number of aliphatic hydroxyl groups excluding tert-OH is 1. The number of carbonyl (C=O) groups excluding carboxylic acids is 1. The first-order valence-corrected chi connectivity index (χ1v) is 9.87. The minimum absolute atomic E-state index is 0.179. The molecule has 4 rings (SSSR count). The van der Waals surface area contributed by atoms with Gasteiger partial charge in [0, 0.05) is 11.1 Å². The largest absolute Gasteiger partial charge is 0.464 e. The van der Waals surface area contributed by atoms with Crippen molar-refractivity contribution in [2.45, 2.75) is 25.5 Å². The number of aliphatic hydroxyl groups is 1. The Morgan fingerprint density at radius 1 is 1.10 bits per heavy atom. The zero-order valence-corrected chi connectivity index (χ0v) is 16.9. The van der Waals surface area contributed by atoms with Crippen LogP contribution in [0.3, 0.4) is 0 Å². The molecule has 152 valence electrons. The van der Waals surface area contributed by atoms with Crippen LogP contribution in [-0.2, 0) is 15.1 Å². The third-order valence-corrected chi connectivity index (χ3v) is 5.23. The average Bonchev–Trinajstić information content (AvgIpc) is 3.25. The van der Waals surface area contributed by atoms with E-state index in [9.17, 15) is 9.90 Å². The van der Waals surface area contributed by atoms with Gasteiger partial charge in [-0.1, -0.05) is 77.5 Å². The highest BCUT2D eigenvalue weighted by molar-refractivity contribution is 5.98. The Hall–Kier alpha value is -3.51. The maximum Gasteiger partial charge on any atom is 0.341 e. The lowest BCUT2D eigenvalue weighted by Crippen LogP contribution is -2.54. The van der Waals surface area contributed by atoms with Gasteiger partial charge < -0.3 is 9.84 Å². The molecule has 6 nitrogen and oxygen atoms in total. The molecule has 1 aliphatic carbocycles. The van der Waals surface area contributed by atoms with Gasteiger partial charge in [-0.3, -0.25) is 0 Å². The van der Waals surface area contributed by atoms with Crippen molar-refractivity contribution in [1.29, 1.82) is 0 Å². The van der Waals surface area contributed by atoms with Crippen molar-refractivity contribution >= 4 is 11.5 Å². The van der Waals surface area contributed by atoms with Crippen LogP contribution in [0.25, 0.3) is 16.8 Å². The lowest BCUT2D eigenvalue weighted by Gasteiger charge is -2.39. The van der Waals surface area contributed by atoms with E-state index >= 15 is 0 Å². The molecule has 2 aromatic carbocycles. The first-order chi connectivity index (χ1) is 14.6. The summed E-state index contributed by atoms with van der Waals surface area (Å²) in [5, 5.41) is 19.8. The van der Waals surface area contributed by atoms with Gasteiger partial charge >= 0.3 is 5.97 Å². The molecule has 3 aromatic rings. The summed E-state index contributed by atoms with van der Waals surface area (Å²) in [7, 11) is 0. The summed E-state index contributed by atoms with van der Waals surface area (Å²) in [6.07, 6.45) is 4.04. The Balaban J connectivity index is 1.94. The van der Waals surface area contributed by atoms with Crippen LogP contribution in [0.1, 0.15) is 19.4 Å². The summed E-state index contributed by atoms with van der Waals surface area (Å²) >= 11 is 0. The van der Waals surface area contributed by atoms with Crippen LogP contribution in [0.5, 0.6) is 0 Å². The Kier molecular flexibility index (Phi) is 5.33. The van der Waals surface area contributed by atoms with Gasteiger partial charge in [0.1, 0.15) is 11.8 Å². The van der Waals surface area contributed by atoms with Crippen LogP contribution >= 0.6 is 0 Å². The number of hydrogen-bond donors (Lipinski definition) is 1. The Morgan fingerprint density at radius 2 is 1.73 bits per heavy atom. The number of carbonyl (C=O) groups is 1. The van der Waals surface area contributed by atoms with Crippen molar-refractivity contribution in [2.24, 2.45) is 0 Å². The lowest BCUT2D eigenvalue weighted by atomic mass is 9.75. The number of ether oxygens (including phenoxy) is 1. The molecule has 6 heteroatoms. The molecule has 0 fully saturated rings. The summed E-state index contributed by atoms with van der Waals surface area (Å²) in [4.78, 5) is 13.4. The average molecular weight is 401 g/mol. The van der Waals surface area contributed by atoms with Gasteiger partial charge in [-0.25, -0.2) is 9.48 Å². The topological polar surface area (TPSA) is 77.2 Å². The highest BCUT2D eigenvalue weighted by Crippen LogP contribution is 2.42. The zero-order valence-electron chi connectivity index (χ0n) is 16.9. The Morgan fingerprint density at radius 3 is 2.37 bits per heavy atom. The summed E-state index contributed by atoms with van der Waals surface area (Å²) < 4.78 is 6.88. The molecular weight excluding hydrogens is 378 g/mol. The van der Waals surface area contributed by atoms with Gasteiger partial charge in [0.15, 0.2) is 0 Å². The summed E-state index contributed by atoms with van der Waals surface area (Å²) in [5.41, 5.74) is 2.14. The van der Waals surface area contributed by atoms with Crippen LogP contribution in [0.2, 0.25) is 0 Å². The third kappa shape index (κ3) is 3.25. The zero-order chi connectivity index (χ0) is 21.1. The summed E-state index contributed by atoms with van der Waals surface area (Å²) in [5.74, 6) is -0.583. The minimum atomic E-state index is -1.59. The molecule has 0 amide bonds. The van der Waals surface area contributed by atoms with E-state index in [1.54, 1.807) is 19.2 Å². The van der Waals surface area contributed by atoms with E-state index in [0.717, 1.165) is 16.7 Å². The second-order valence-electron chi connectivity index (χ2n) is 7.18. The van der Waals surface area contributed by atoms with Crippen LogP contribution in [0.4, 0.5) is 0 Å². The quantitative estimate of drug-likeness (QED) is 0.661. The van der Waals surface area contributed by atoms with Gasteiger partial charge in [-0.15, -0.1) is 5.10 Å². The molecule has 1 aromatic heterocycles. The maximum absolute atomic E-state index is 13.4. The predicted molar refractivity (Wildman–Crippen MR) is 114 cm³/mol. The van der Waals surface area contributed by atoms with E-state index in [4.69, 9.17) is 4.74 Å². The van der Waals surface area contributed by atoms with Gasteiger partial charge in [-0.05, 0) is 25.5 Å². The van der Waals surface area contributed by atoms with Crippen LogP contribution in [-0.4, -0.2) is 38.8 Å². The second kappa shape index (κ2) is 8.08. The fourth-order valence-electron chi connectivity index (χ4n) is 3.84. The summed E-state index contributed by atoms with van der Waals surface area (Å²) in [6, 6.07) is 19.1. The number of nitrogens with zero attached hydrogens (tertiary/aromatic N) is 3. The Bertz CT molecular complexity index is 1100. The first-order valence-electron chi connectivity index (χ1n) is 9.87. The number of esters is 1. The van der Waals surface area contributed by atoms with Crippen molar-refractivity contribution in [3.8, 4) is 11.3 Å². The molecule has 1 N–H and O–H groups in total. The molecule has 1 aliphatic rings. The molecule has 0 saturated heterocycles. The van der Waals surface area contributed by atoms with E-state index in [0.29, 0.717) is 11.3 Å². The molecule has 0 saturated carbocycles. The van der Waals surface area contributed by atoms with E-state index < -0.39 is 17.6 Å². The molecule has 30 heavy (non-hydrogen) atoms. The third-order valence-electron chi connectivity index (χ3n) is 5.23. The van der Waals surface area contributed by atoms with E-state index in [1.165, 1.54) is 4.68 Å². The second-order valence-corrected chi connectivity index (χ2v) is 7.18. The first kappa shape index (κ1) is 19.8. The van der Waals surface area contributed by atoms with E-state index in [2.05, 4.69) is 10.3 Å². The molecule has 2 unspecified atom stereocenters. The maximum atomic E-state index is 13.4. The monoisotopic (exact) mass is 401 g/mol. The van der Waals surface area contributed by atoms with Crippen LogP contribution in [0, 0.1) is 0 Å². The number of hydrogen-bond acceptors (Lipinski definition) is 5. The number of allylic oxidation sites excluding steroid dienone is 2. The lowest BCUT2D eigenvalue weighted by molar-refractivity contribution is -0.155. The molecule has 2 atom stereocenters. The van der Waals surface area contributed by atoms with Gasteiger partial charge in [0.05, 0.1) is 12.8 Å². The van der Waals surface area contributed by atoms with Crippen molar-refractivity contribution < 1.29 is 14.6 Å². The van der Waals surface area contributed by atoms with Crippen LogP contribution < -0.4 is 0 Å². The van der Waals surface area contributed by atoms with Crippen molar-refractivity contribution in [3.63, 3.8) is 0 Å². The van der Waals surface area contributed by atoms with Crippen molar-refractivity contribution in [2.75, 3.05) is 6.61 Å². The number of benzene rings is 2. The van der Waals surface area contributed by atoms with Crippen molar-refractivity contribution in [1.82, 2.24) is 15.0 Å². The molecule has 0 spiro atoms. The fourth-order valence-corrected chi connectivity index (χ4v) is 3.84. The highest BCUT2D eigenvalue weighted by Gasteiger charge is 2.54. The fraction of sp³-hybridized carbons (Fsp3) is 0.208. The van der Waals surface area contributed by atoms with Gasteiger partial charge in [0.2, 0.25) is 5.54 Å². The SMILES string of the molecule is CCOC(=O)C1(n2cc(-c3ccccc3)nn2)C(c2ccccc2)=CC(C)=CC1O. The normalized spacial score (nSPS) is 21.0. The van der Waals surface area contributed by atoms with Gasteiger partial charge in [0.25, 0.3) is 0 Å². The minimum Gasteiger partial charge on any atom is -0.464 e. The van der Waals surface area contributed by atoms with E-state index in [-0.39, 0.29) is 6.61 Å². The molecular formula is C24H23N3O3. The summed E-state index contributed by atoms with van der Waals surface area (Å²) in [6.45, 7) is 3.81. The smallest absolute Gasteiger partial charge is 0.341 e. The number of aromatic nitrogens is 3.